The average molecular weight is 616 g/mol. The van der Waals surface area contributed by atoms with Gasteiger partial charge < -0.3 is 23.7 Å². The molecule has 0 saturated carbocycles. The number of carbonyl (C=O) groups is 3. The number of hydrogen-bond donors (Lipinski definition) is 0. The molecule has 0 bridgehead atoms. The summed E-state index contributed by atoms with van der Waals surface area (Å²) in [7, 11) is 0. The molecule has 11 nitrogen and oxygen atoms in total. The molecular weight excluding hydrogens is 589 g/mol. The zero-order chi connectivity index (χ0) is 31.8. The van der Waals surface area contributed by atoms with E-state index < -0.39 is 60.2 Å². The van der Waals surface area contributed by atoms with Crippen LogP contribution in [0.15, 0.2) is 115 Å². The maximum atomic E-state index is 16.3. The van der Waals surface area contributed by atoms with Gasteiger partial charge in [0.25, 0.3) is 5.69 Å². The second-order valence-corrected chi connectivity index (χ2v) is 9.79. The van der Waals surface area contributed by atoms with Crippen molar-refractivity contribution >= 4 is 23.6 Å². The van der Waals surface area contributed by atoms with E-state index in [4.69, 9.17) is 23.7 Å². The summed E-state index contributed by atoms with van der Waals surface area (Å²) in [5.74, 6) is -2.52. The largest absolute Gasteiger partial charge is 0.461 e. The molecule has 0 unspecified atom stereocenters. The third-order valence-electron chi connectivity index (χ3n) is 6.76. The van der Waals surface area contributed by atoms with Crippen molar-refractivity contribution < 1.29 is 47.4 Å². The summed E-state index contributed by atoms with van der Waals surface area (Å²) in [6, 6.07) is 28.5. The second kappa shape index (κ2) is 14.2. The molecule has 45 heavy (non-hydrogen) atoms. The lowest BCUT2D eigenvalue weighted by Crippen LogP contribution is -2.61. The predicted molar refractivity (Wildman–Crippen MR) is 155 cm³/mol. The van der Waals surface area contributed by atoms with Crippen molar-refractivity contribution in [3.05, 3.63) is 142 Å². The van der Waals surface area contributed by atoms with E-state index in [-0.39, 0.29) is 28.1 Å². The first-order chi connectivity index (χ1) is 21.8. The lowest BCUT2D eigenvalue weighted by atomic mass is 9.99. The molecule has 5 atom stereocenters. The van der Waals surface area contributed by atoms with Crippen LogP contribution < -0.4 is 4.74 Å². The Morgan fingerprint density at radius 2 is 1.16 bits per heavy atom. The summed E-state index contributed by atoms with van der Waals surface area (Å²) in [4.78, 5) is 49.4. The summed E-state index contributed by atoms with van der Waals surface area (Å²) in [6.07, 6.45) is -8.77. The first-order valence-electron chi connectivity index (χ1n) is 13.7. The van der Waals surface area contributed by atoms with E-state index in [1.54, 1.807) is 54.6 Å². The fourth-order valence-corrected chi connectivity index (χ4v) is 4.48. The molecular formula is C33H26FNO10. The number of hydrogen-bond acceptors (Lipinski definition) is 10. The molecule has 5 rings (SSSR count). The highest BCUT2D eigenvalue weighted by Crippen LogP contribution is 2.32. The maximum Gasteiger partial charge on any atom is 0.338 e. The number of carbonyl (C=O) groups excluding carboxylic acids is 3. The number of benzene rings is 4. The van der Waals surface area contributed by atoms with E-state index in [9.17, 15) is 24.5 Å². The molecule has 230 valence electrons. The van der Waals surface area contributed by atoms with Crippen LogP contribution in [0.2, 0.25) is 0 Å². The minimum absolute atomic E-state index is 0.0387. The Balaban J connectivity index is 1.46. The Morgan fingerprint density at radius 3 is 1.64 bits per heavy atom. The van der Waals surface area contributed by atoms with Crippen molar-refractivity contribution in [2.75, 3.05) is 6.61 Å². The SMILES string of the molecule is O=C(OC[C@H]1O[C@@H](Oc2ccc([N+](=O)[O-])cc2)[C@H](OC(=O)c2ccccc2)[C@@H](OC(=O)c2ccccc2)[C@H]1F)c1ccccc1. The number of nitrogens with zero attached hydrogens (tertiary/aromatic N) is 1. The monoisotopic (exact) mass is 615 g/mol. The lowest BCUT2D eigenvalue weighted by molar-refractivity contribution is -0.384. The standard InChI is InChI=1S/C33H26FNO10/c34-27-26(20-41-30(36)21-10-4-1-5-11-21)43-33(42-25-18-16-24(17-19-25)35(39)40)29(45-32(38)23-14-8-3-9-15-23)28(27)44-31(37)22-12-6-2-7-13-22/h1-19,26-29,33H,20H2/t26-,27+,28+,29-,33-/m1/s1. The van der Waals surface area contributed by atoms with E-state index in [1.165, 1.54) is 60.7 Å². The van der Waals surface area contributed by atoms with E-state index in [0.717, 1.165) is 0 Å². The van der Waals surface area contributed by atoms with E-state index in [2.05, 4.69) is 0 Å². The number of non-ortho nitro benzene ring substituents is 1. The van der Waals surface area contributed by atoms with Gasteiger partial charge in [0.1, 0.15) is 18.5 Å². The van der Waals surface area contributed by atoms with Gasteiger partial charge >= 0.3 is 17.9 Å². The van der Waals surface area contributed by atoms with Crippen LogP contribution in [0.4, 0.5) is 10.1 Å². The summed E-state index contributed by atoms with van der Waals surface area (Å²) in [6.45, 7) is -0.617. The molecule has 4 aromatic rings. The molecule has 12 heteroatoms. The normalized spacial score (nSPS) is 20.8. The van der Waals surface area contributed by atoms with Crippen LogP contribution in [-0.4, -0.2) is 60.2 Å². The Morgan fingerprint density at radius 1 is 0.689 bits per heavy atom. The summed E-state index contributed by atoms with van der Waals surface area (Å²) in [5, 5.41) is 11.1. The molecule has 0 aliphatic carbocycles. The molecule has 0 amide bonds. The van der Waals surface area contributed by atoms with E-state index in [0.29, 0.717) is 0 Å². The summed E-state index contributed by atoms with van der Waals surface area (Å²) >= 11 is 0. The first kappa shape index (κ1) is 30.8. The zero-order valence-corrected chi connectivity index (χ0v) is 23.5. The van der Waals surface area contributed by atoms with Crippen LogP contribution in [0, 0.1) is 10.1 Å². The van der Waals surface area contributed by atoms with Crippen LogP contribution in [-0.2, 0) is 18.9 Å². The molecule has 1 fully saturated rings. The second-order valence-electron chi connectivity index (χ2n) is 9.79. The number of nitro benzene ring substituents is 1. The Labute approximate surface area is 256 Å². The molecule has 4 aromatic carbocycles. The van der Waals surface area contributed by atoms with Crippen LogP contribution in [0.5, 0.6) is 5.75 Å². The molecule has 0 radical (unpaired) electrons. The summed E-state index contributed by atoms with van der Waals surface area (Å²) in [5.41, 5.74) is 0.213. The fourth-order valence-electron chi connectivity index (χ4n) is 4.48. The smallest absolute Gasteiger partial charge is 0.338 e. The fraction of sp³-hybridized carbons (Fsp3) is 0.182. The lowest BCUT2D eigenvalue weighted by Gasteiger charge is -2.42. The molecule has 1 aliphatic rings. The third kappa shape index (κ3) is 7.67. The topological polar surface area (TPSA) is 141 Å². The Hall–Kier alpha value is -5.62. The van der Waals surface area contributed by atoms with Gasteiger partial charge in [0.05, 0.1) is 21.6 Å². The van der Waals surface area contributed by atoms with Gasteiger partial charge in [-0.15, -0.1) is 0 Å². The third-order valence-corrected chi connectivity index (χ3v) is 6.76. The summed E-state index contributed by atoms with van der Waals surface area (Å²) < 4.78 is 44.6. The molecule has 0 aromatic heterocycles. The number of nitro groups is 1. The highest BCUT2D eigenvalue weighted by atomic mass is 19.1. The molecule has 1 saturated heterocycles. The van der Waals surface area contributed by atoms with Gasteiger partial charge in [-0.25, -0.2) is 18.8 Å². The molecule has 0 N–H and O–H groups in total. The van der Waals surface area contributed by atoms with Gasteiger partial charge in [-0.3, -0.25) is 10.1 Å². The van der Waals surface area contributed by atoms with Gasteiger partial charge in [-0.05, 0) is 48.5 Å². The highest BCUT2D eigenvalue weighted by Gasteiger charge is 2.52. The predicted octanol–water partition coefficient (Wildman–Crippen LogP) is 5.34. The van der Waals surface area contributed by atoms with Crippen molar-refractivity contribution in [3.8, 4) is 5.75 Å². The number of esters is 3. The minimum atomic E-state index is -2.16. The maximum absolute atomic E-state index is 16.3. The van der Waals surface area contributed by atoms with Crippen molar-refractivity contribution in [3.63, 3.8) is 0 Å². The first-order valence-corrected chi connectivity index (χ1v) is 13.7. The quantitative estimate of drug-likeness (QED) is 0.0993. The number of ether oxygens (including phenoxy) is 5. The minimum Gasteiger partial charge on any atom is -0.461 e. The Kier molecular flexibility index (Phi) is 9.75. The van der Waals surface area contributed by atoms with E-state index >= 15 is 4.39 Å². The van der Waals surface area contributed by atoms with Gasteiger partial charge in [-0.1, -0.05) is 54.6 Å². The van der Waals surface area contributed by atoms with Crippen molar-refractivity contribution in [2.45, 2.75) is 30.8 Å². The molecule has 1 aliphatic heterocycles. The number of halogens is 1. The Bertz CT molecular complexity index is 1620. The molecule has 1 heterocycles. The molecule has 0 spiro atoms. The highest BCUT2D eigenvalue weighted by molar-refractivity contribution is 5.90. The van der Waals surface area contributed by atoms with Gasteiger partial charge in [0, 0.05) is 12.1 Å². The van der Waals surface area contributed by atoms with Crippen molar-refractivity contribution in [1.82, 2.24) is 0 Å². The van der Waals surface area contributed by atoms with Crippen molar-refractivity contribution in [1.29, 1.82) is 0 Å². The number of rotatable bonds is 10. The van der Waals surface area contributed by atoms with Gasteiger partial charge in [-0.2, -0.15) is 0 Å². The van der Waals surface area contributed by atoms with Crippen LogP contribution in [0.25, 0.3) is 0 Å². The van der Waals surface area contributed by atoms with Crippen LogP contribution in [0.1, 0.15) is 31.1 Å². The zero-order valence-electron chi connectivity index (χ0n) is 23.5. The van der Waals surface area contributed by atoms with Gasteiger partial charge in [0.2, 0.25) is 12.4 Å². The van der Waals surface area contributed by atoms with E-state index in [1.807, 2.05) is 0 Å². The van der Waals surface area contributed by atoms with Crippen molar-refractivity contribution in [2.24, 2.45) is 0 Å². The van der Waals surface area contributed by atoms with Crippen LogP contribution in [0.3, 0.4) is 0 Å². The average Bonchev–Trinajstić information content (AvgIpc) is 3.08. The van der Waals surface area contributed by atoms with Gasteiger partial charge in [0.15, 0.2) is 12.3 Å². The van der Waals surface area contributed by atoms with Crippen LogP contribution >= 0.6 is 0 Å². The number of alkyl halides is 1.